The maximum absolute atomic E-state index is 13.1. The summed E-state index contributed by atoms with van der Waals surface area (Å²) in [5, 5.41) is 20.4. The Kier molecular flexibility index (Phi) is 15.1. The Hall–Kier alpha value is -4.96. The number of rotatable bonds is 8. The van der Waals surface area contributed by atoms with Crippen LogP contribution in [0.15, 0.2) is 101 Å². The molecule has 0 atom stereocenters. The number of carbonyl (C=O) groups excluding carboxylic acids is 2. The molecule has 2 N–H and O–H groups in total. The molecule has 0 saturated heterocycles. The predicted octanol–water partition coefficient (Wildman–Crippen LogP) is 10.4. The SMILES string of the molecule is Cc1cc(C)c(N=CC(=O)c2c(Cl)c(Cl)nc(O)c2-c2cccc[c]2[Co])c(C)c1.Cc1cc(C)c(N=CC(=O)c2ccc(-c3ccccc3)nc2O)c(C)c1.[Ni]. The van der Waals surface area contributed by atoms with Gasteiger partial charge in [0.2, 0.25) is 11.7 Å². The summed E-state index contributed by atoms with van der Waals surface area (Å²) in [4.78, 5) is 42.2. The van der Waals surface area contributed by atoms with Gasteiger partial charge in [-0.15, -0.1) is 0 Å². The van der Waals surface area contributed by atoms with Crippen LogP contribution in [0.4, 0.5) is 11.4 Å². The number of halogens is 2. The zero-order chi connectivity index (χ0) is 40.0. The van der Waals surface area contributed by atoms with Crippen molar-refractivity contribution < 1.29 is 52.0 Å². The van der Waals surface area contributed by atoms with Gasteiger partial charge in [-0.1, -0.05) is 48.0 Å². The van der Waals surface area contributed by atoms with Crippen LogP contribution in [-0.4, -0.2) is 44.2 Å². The van der Waals surface area contributed by atoms with E-state index in [1.165, 1.54) is 12.4 Å². The molecule has 4 aromatic carbocycles. The number of hydrogen-bond donors (Lipinski definition) is 2. The Morgan fingerprint density at radius 1 is 0.661 bits per heavy atom. The third-order valence-electron chi connectivity index (χ3n) is 8.55. The largest absolute Gasteiger partial charge is 0.493 e. The van der Waals surface area contributed by atoms with Crippen LogP contribution < -0.4 is 4.50 Å². The van der Waals surface area contributed by atoms with Crippen molar-refractivity contribution in [3.05, 3.63) is 146 Å². The first-order chi connectivity index (χ1) is 26.2. The monoisotopic (exact) mass is 872 g/mol. The Morgan fingerprint density at radius 3 is 1.68 bits per heavy atom. The molecule has 0 fully saturated rings. The zero-order valence-electron chi connectivity index (χ0n) is 31.2. The van der Waals surface area contributed by atoms with E-state index in [0.717, 1.165) is 44.6 Å². The Morgan fingerprint density at radius 2 is 1.16 bits per heavy atom. The zero-order valence-corrected chi connectivity index (χ0v) is 34.8. The molecule has 0 bridgehead atoms. The minimum Gasteiger partial charge on any atom is -0.493 e. The van der Waals surface area contributed by atoms with Crippen LogP contribution in [0, 0.1) is 41.5 Å². The number of aryl methyl sites for hydroxylation is 6. The smallest absolute Gasteiger partial charge is 0.222 e. The molecule has 0 radical (unpaired) electrons. The van der Waals surface area contributed by atoms with E-state index < -0.39 is 11.7 Å². The molecule has 8 nitrogen and oxygen atoms in total. The van der Waals surface area contributed by atoms with Gasteiger partial charge in [0.1, 0.15) is 0 Å². The maximum Gasteiger partial charge on any atom is 0.222 e. The Bertz CT molecular complexity index is 2460. The molecule has 2 heterocycles. The molecule has 56 heavy (non-hydrogen) atoms. The summed E-state index contributed by atoms with van der Waals surface area (Å²) in [6.45, 7) is 11.8. The van der Waals surface area contributed by atoms with Crippen molar-refractivity contribution in [1.82, 2.24) is 9.97 Å². The van der Waals surface area contributed by atoms with Gasteiger partial charge in [0.25, 0.3) is 0 Å². The second-order valence-corrected chi connectivity index (χ2v) is 14.2. The van der Waals surface area contributed by atoms with Crippen LogP contribution in [0.3, 0.4) is 0 Å². The number of aromatic nitrogens is 2. The summed E-state index contributed by atoms with van der Waals surface area (Å²) < 4.78 is 0.548. The molecule has 6 aromatic rings. The van der Waals surface area contributed by atoms with E-state index in [-0.39, 0.29) is 55.0 Å². The number of Topliss-reactive ketones (excluding diaryl/α,β-unsaturated/α-hetero) is 2. The van der Waals surface area contributed by atoms with Crippen molar-refractivity contribution in [3.8, 4) is 34.1 Å². The van der Waals surface area contributed by atoms with E-state index >= 15 is 0 Å². The van der Waals surface area contributed by atoms with Crippen molar-refractivity contribution in [2.24, 2.45) is 9.98 Å². The summed E-state index contributed by atoms with van der Waals surface area (Å²) in [6, 6.07) is 27.8. The van der Waals surface area contributed by atoms with Gasteiger partial charge in [0.15, 0.2) is 0 Å². The van der Waals surface area contributed by atoms with Crippen LogP contribution in [-0.2, 0) is 32.2 Å². The number of nitrogens with zero attached hydrogens (tertiary/aromatic N) is 4. The number of aliphatic imine (C=N–C) groups is 2. The minimum absolute atomic E-state index is 0. The second-order valence-electron chi connectivity index (χ2n) is 12.9. The molecule has 2 aromatic heterocycles. The molecule has 12 heteroatoms. The van der Waals surface area contributed by atoms with Gasteiger partial charge < -0.3 is 5.11 Å². The molecular formula is C44H37Cl2CoN4NiO4. The molecule has 0 aliphatic heterocycles. The Labute approximate surface area is 354 Å². The normalized spacial score (nSPS) is 11.0. The average Bonchev–Trinajstić information content (AvgIpc) is 3.13. The molecule has 290 valence electrons. The van der Waals surface area contributed by atoms with Crippen molar-refractivity contribution in [1.29, 1.82) is 0 Å². The summed E-state index contributed by atoms with van der Waals surface area (Å²) in [7, 11) is 0. The first kappa shape index (κ1) is 43.8. The molecule has 0 amide bonds. The summed E-state index contributed by atoms with van der Waals surface area (Å²) >= 11 is 16.8. The summed E-state index contributed by atoms with van der Waals surface area (Å²) in [5.74, 6) is -1.58. The fourth-order valence-corrected chi connectivity index (χ4v) is 6.92. The van der Waals surface area contributed by atoms with Crippen LogP contribution in [0.1, 0.15) is 54.1 Å². The molecule has 0 unspecified atom stereocenters. The molecule has 0 aliphatic rings. The maximum atomic E-state index is 13.1. The van der Waals surface area contributed by atoms with E-state index in [4.69, 9.17) is 23.2 Å². The van der Waals surface area contributed by atoms with Gasteiger partial charge in [-0.05, 0) is 44.0 Å². The standard InChI is InChI=1S/C22H17Cl2N2O2.C22H20N2O2.Co.Ni/c1-12-9-13(2)20(14(3)10-12)25-11-16(27)18-17(15-7-5-4-6-8-15)22(28)26-21(24)19(18)23;1-14-11-15(2)21(16(3)12-14)23-13-20(25)18-9-10-19(24-22(18)26)17-7-5-4-6-8-17;;/h4-7,9-11H,1-3H3,(H,26,28);4-13H,1-3H3,(H,24,26);;. The number of pyridine rings is 2. The van der Waals surface area contributed by atoms with E-state index in [0.29, 0.717) is 21.4 Å². The van der Waals surface area contributed by atoms with Crippen LogP contribution >= 0.6 is 23.2 Å². The number of ketones is 2. The first-order valence-electron chi connectivity index (χ1n) is 17.0. The number of aromatic hydroxyl groups is 2. The quantitative estimate of drug-likeness (QED) is 0.0679. The molecular weight excluding hydrogens is 837 g/mol. The summed E-state index contributed by atoms with van der Waals surface area (Å²) in [6.07, 6.45) is 2.43. The van der Waals surface area contributed by atoms with Gasteiger partial charge in [0.05, 0.1) is 23.2 Å². The number of benzene rings is 4. The number of hydrogen-bond acceptors (Lipinski definition) is 8. The van der Waals surface area contributed by atoms with Gasteiger partial charge in [-0.3, -0.25) is 9.79 Å². The van der Waals surface area contributed by atoms with Gasteiger partial charge in [0, 0.05) is 22.1 Å². The van der Waals surface area contributed by atoms with Crippen LogP contribution in [0.25, 0.3) is 22.4 Å². The molecule has 6 rings (SSSR count). The fourth-order valence-electron chi connectivity index (χ4n) is 6.20. The van der Waals surface area contributed by atoms with Crippen LogP contribution in [0.5, 0.6) is 11.8 Å². The first-order valence-corrected chi connectivity index (χ1v) is 18.3. The van der Waals surface area contributed by atoms with E-state index in [1.54, 1.807) is 36.4 Å². The van der Waals surface area contributed by atoms with Gasteiger partial charge in [-0.2, -0.15) is 0 Å². The predicted molar refractivity (Wildman–Crippen MR) is 219 cm³/mol. The molecule has 0 aliphatic carbocycles. The van der Waals surface area contributed by atoms with Crippen molar-refractivity contribution >= 4 is 63.1 Å². The minimum atomic E-state index is -0.500. The third-order valence-corrected chi connectivity index (χ3v) is 9.74. The van der Waals surface area contributed by atoms with Crippen LogP contribution in [0.2, 0.25) is 10.2 Å². The topological polar surface area (TPSA) is 125 Å². The summed E-state index contributed by atoms with van der Waals surface area (Å²) in [5.41, 5.74) is 10.00. The number of carbonyl (C=O) groups is 2. The van der Waals surface area contributed by atoms with E-state index in [9.17, 15) is 19.8 Å². The van der Waals surface area contributed by atoms with Crippen molar-refractivity contribution in [2.45, 2.75) is 41.5 Å². The Balaban J connectivity index is 0.000000246. The third kappa shape index (κ3) is 10.3. The van der Waals surface area contributed by atoms with Gasteiger partial charge in [-0.25, -0.2) is 4.98 Å². The molecule has 0 saturated carbocycles. The van der Waals surface area contributed by atoms with E-state index in [1.807, 2.05) is 96.1 Å². The molecule has 0 spiro atoms. The van der Waals surface area contributed by atoms with Gasteiger partial charge >= 0.3 is 188 Å². The van der Waals surface area contributed by atoms with Crippen molar-refractivity contribution in [2.75, 3.05) is 0 Å². The second kappa shape index (κ2) is 19.3. The van der Waals surface area contributed by atoms with Crippen molar-refractivity contribution in [3.63, 3.8) is 0 Å². The fraction of sp³-hybridized carbons (Fsp3) is 0.136. The van der Waals surface area contributed by atoms with E-state index in [2.05, 4.69) is 35.7 Å². The average molecular weight is 874 g/mol.